The highest BCUT2D eigenvalue weighted by Crippen LogP contribution is 2.49. The van der Waals surface area contributed by atoms with Gasteiger partial charge in [0.1, 0.15) is 0 Å². The quantitative estimate of drug-likeness (QED) is 0.701. The van der Waals surface area contributed by atoms with Crippen LogP contribution in [0.5, 0.6) is 0 Å². The number of hydrogen-bond donors (Lipinski definition) is 2. The van der Waals surface area contributed by atoms with Crippen LogP contribution in [0, 0.1) is 23.7 Å². The van der Waals surface area contributed by atoms with E-state index in [0.29, 0.717) is 12.5 Å². The van der Waals surface area contributed by atoms with Crippen LogP contribution in [0.15, 0.2) is 28.7 Å². The van der Waals surface area contributed by atoms with Crippen molar-refractivity contribution < 1.29 is 5.11 Å². The molecule has 1 saturated heterocycles. The summed E-state index contributed by atoms with van der Waals surface area (Å²) < 4.78 is 1.21. The molecule has 3 nitrogen and oxygen atoms in total. The predicted molar refractivity (Wildman–Crippen MR) is 115 cm³/mol. The van der Waals surface area contributed by atoms with Crippen molar-refractivity contribution in [2.45, 2.75) is 44.4 Å². The highest BCUT2D eigenvalue weighted by atomic mass is 79.9. The lowest BCUT2D eigenvalue weighted by atomic mass is 9.61. The maximum Gasteiger partial charge on any atom is 0.0433 e. The molecule has 4 rings (SSSR count). The monoisotopic (exact) mass is 434 g/mol. The number of nitrogens with one attached hydrogen (secondary N) is 1. The Hall–Kier alpha value is -0.420. The molecule has 1 heterocycles. The summed E-state index contributed by atoms with van der Waals surface area (Å²) in [4.78, 5) is 2.68. The van der Waals surface area contributed by atoms with Crippen molar-refractivity contribution in [3.05, 3.63) is 34.3 Å². The van der Waals surface area contributed by atoms with Gasteiger partial charge in [-0.15, -0.1) is 0 Å². The topological polar surface area (TPSA) is 35.5 Å². The van der Waals surface area contributed by atoms with Crippen LogP contribution in [0.2, 0.25) is 0 Å². The molecular formula is C23H35BrN2O. The van der Waals surface area contributed by atoms with E-state index in [1.165, 1.54) is 61.8 Å². The maximum absolute atomic E-state index is 9.36. The molecule has 0 amide bonds. The summed E-state index contributed by atoms with van der Waals surface area (Å²) >= 11 is 3.71. The molecule has 150 valence electrons. The highest BCUT2D eigenvalue weighted by molar-refractivity contribution is 9.10. The van der Waals surface area contributed by atoms with Gasteiger partial charge >= 0.3 is 0 Å². The van der Waals surface area contributed by atoms with Crippen LogP contribution >= 0.6 is 15.9 Å². The van der Waals surface area contributed by atoms with Gasteiger partial charge in [0, 0.05) is 43.8 Å². The van der Waals surface area contributed by atoms with Crippen LogP contribution in [0.1, 0.15) is 50.0 Å². The Bertz CT molecular complexity index is 590. The molecular weight excluding hydrogens is 400 g/mol. The Kier molecular flexibility index (Phi) is 6.91. The number of halogens is 1. The van der Waals surface area contributed by atoms with Crippen molar-refractivity contribution in [1.82, 2.24) is 10.2 Å². The van der Waals surface area contributed by atoms with Crippen molar-refractivity contribution in [2.75, 3.05) is 39.3 Å². The second-order valence-corrected chi connectivity index (χ2v) is 10.2. The van der Waals surface area contributed by atoms with Crippen LogP contribution in [-0.4, -0.2) is 49.3 Å². The van der Waals surface area contributed by atoms with Crippen molar-refractivity contribution >= 4 is 15.9 Å². The fourth-order valence-electron chi connectivity index (χ4n) is 6.22. The number of fused-ring (bicyclic) bond motifs is 2. The minimum Gasteiger partial charge on any atom is -0.396 e. The summed E-state index contributed by atoms with van der Waals surface area (Å²) in [5.41, 5.74) is 1.53. The van der Waals surface area contributed by atoms with E-state index in [1.54, 1.807) is 0 Å². The molecule has 1 aliphatic heterocycles. The zero-order chi connectivity index (χ0) is 18.6. The number of aliphatic hydroxyl groups is 1. The number of nitrogens with zero attached hydrogens (tertiary/aromatic N) is 1. The number of aliphatic hydroxyl groups excluding tert-OH is 1. The van der Waals surface area contributed by atoms with E-state index < -0.39 is 0 Å². The fraction of sp³-hybridized carbons (Fsp3) is 0.739. The molecule has 2 aliphatic carbocycles. The molecule has 0 radical (unpaired) electrons. The van der Waals surface area contributed by atoms with Crippen molar-refractivity contribution in [2.24, 2.45) is 23.7 Å². The zero-order valence-corrected chi connectivity index (χ0v) is 18.0. The fourth-order valence-corrected chi connectivity index (χ4v) is 6.64. The minimum absolute atomic E-state index is 0.372. The summed E-state index contributed by atoms with van der Waals surface area (Å²) in [7, 11) is 0. The summed E-state index contributed by atoms with van der Waals surface area (Å²) in [5.74, 6) is 4.01. The lowest BCUT2D eigenvalue weighted by Gasteiger charge is -2.46. The van der Waals surface area contributed by atoms with Gasteiger partial charge in [-0.25, -0.2) is 0 Å². The smallest absolute Gasteiger partial charge is 0.0433 e. The van der Waals surface area contributed by atoms with E-state index in [2.05, 4.69) is 50.4 Å². The molecule has 2 saturated carbocycles. The maximum atomic E-state index is 9.36. The summed E-state index contributed by atoms with van der Waals surface area (Å²) in [6.45, 7) is 6.21. The third kappa shape index (κ3) is 5.14. The summed E-state index contributed by atoms with van der Waals surface area (Å²) in [6, 6.07) is 9.09. The third-order valence-electron chi connectivity index (χ3n) is 7.32. The predicted octanol–water partition coefficient (Wildman–Crippen LogP) is 4.26. The molecule has 3 atom stereocenters. The first kappa shape index (κ1) is 19.9. The largest absolute Gasteiger partial charge is 0.396 e. The van der Waals surface area contributed by atoms with Gasteiger partial charge in [0.2, 0.25) is 0 Å². The van der Waals surface area contributed by atoms with Gasteiger partial charge in [-0.3, -0.25) is 0 Å². The Morgan fingerprint density at radius 3 is 2.48 bits per heavy atom. The van der Waals surface area contributed by atoms with Crippen LogP contribution < -0.4 is 5.32 Å². The SMILES string of the molecule is OCCC1CC2CC(C1)CC(C(CN1CCNCC1)c1cccc(Br)c1)C2. The number of hydrogen-bond acceptors (Lipinski definition) is 3. The second-order valence-electron chi connectivity index (χ2n) is 9.26. The lowest BCUT2D eigenvalue weighted by Crippen LogP contribution is -2.46. The first-order chi connectivity index (χ1) is 13.2. The van der Waals surface area contributed by atoms with Gasteiger partial charge in [0.05, 0.1) is 0 Å². The van der Waals surface area contributed by atoms with E-state index in [4.69, 9.17) is 0 Å². The van der Waals surface area contributed by atoms with E-state index in [9.17, 15) is 5.11 Å². The number of benzene rings is 1. The summed E-state index contributed by atoms with van der Waals surface area (Å²) in [5, 5.41) is 12.9. The normalized spacial score (nSPS) is 33.0. The molecule has 3 unspecified atom stereocenters. The molecule has 3 fully saturated rings. The van der Waals surface area contributed by atoms with Crippen molar-refractivity contribution in [3.8, 4) is 0 Å². The zero-order valence-electron chi connectivity index (χ0n) is 16.5. The van der Waals surface area contributed by atoms with Crippen molar-refractivity contribution in [1.29, 1.82) is 0 Å². The number of rotatable bonds is 6. The minimum atomic E-state index is 0.372. The van der Waals surface area contributed by atoms with Gasteiger partial charge in [-0.05, 0) is 85.8 Å². The first-order valence-electron chi connectivity index (χ1n) is 11.0. The Morgan fingerprint density at radius 2 is 1.81 bits per heavy atom. The molecule has 1 aromatic rings. The molecule has 2 N–H and O–H groups in total. The molecule has 1 aromatic carbocycles. The van der Waals surface area contributed by atoms with Gasteiger partial charge in [-0.2, -0.15) is 0 Å². The van der Waals surface area contributed by atoms with Crippen molar-refractivity contribution in [3.63, 3.8) is 0 Å². The van der Waals surface area contributed by atoms with E-state index >= 15 is 0 Å². The molecule has 4 heteroatoms. The molecule has 0 aromatic heterocycles. The van der Waals surface area contributed by atoms with Gasteiger partial charge < -0.3 is 15.3 Å². The average Bonchev–Trinajstić information content (AvgIpc) is 2.66. The number of piperazine rings is 1. The summed E-state index contributed by atoms with van der Waals surface area (Å²) in [6.07, 6.45) is 7.95. The highest BCUT2D eigenvalue weighted by Gasteiger charge is 2.39. The van der Waals surface area contributed by atoms with Crippen LogP contribution in [0.4, 0.5) is 0 Å². The van der Waals surface area contributed by atoms with E-state index in [-0.39, 0.29) is 0 Å². The van der Waals surface area contributed by atoms with E-state index in [0.717, 1.165) is 43.2 Å². The second kappa shape index (κ2) is 9.39. The average molecular weight is 435 g/mol. The molecule has 0 spiro atoms. The van der Waals surface area contributed by atoms with Gasteiger partial charge in [0.15, 0.2) is 0 Å². The first-order valence-corrected chi connectivity index (χ1v) is 11.8. The molecule has 27 heavy (non-hydrogen) atoms. The van der Waals surface area contributed by atoms with Gasteiger partial charge in [0.25, 0.3) is 0 Å². The van der Waals surface area contributed by atoms with Gasteiger partial charge in [-0.1, -0.05) is 28.1 Å². The van der Waals surface area contributed by atoms with E-state index in [1.807, 2.05) is 0 Å². The lowest BCUT2D eigenvalue weighted by molar-refractivity contribution is 0.0658. The van der Waals surface area contributed by atoms with Crippen LogP contribution in [0.25, 0.3) is 0 Å². The Balaban J connectivity index is 1.50. The Morgan fingerprint density at radius 1 is 1.07 bits per heavy atom. The van der Waals surface area contributed by atoms with Crippen LogP contribution in [-0.2, 0) is 0 Å². The molecule has 2 bridgehead atoms. The van der Waals surface area contributed by atoms with Crippen LogP contribution in [0.3, 0.4) is 0 Å². The third-order valence-corrected chi connectivity index (χ3v) is 7.81. The Labute approximate surface area is 173 Å². The molecule has 3 aliphatic rings. The standard InChI is InChI=1S/C23H35BrN2O/c24-22-3-1-2-20(15-22)23(16-26-7-5-25-6-8-26)21-13-18-10-17(4-9-27)11-19(12-18)14-21/h1-3,15,17-19,21,23,25,27H,4-14,16H2.